The molecule has 5 nitrogen and oxygen atoms in total. The summed E-state index contributed by atoms with van der Waals surface area (Å²) in [4.78, 5) is 6.68. The summed E-state index contributed by atoms with van der Waals surface area (Å²) in [6, 6.07) is 41.8. The summed E-state index contributed by atoms with van der Waals surface area (Å²) >= 11 is 0. The van der Waals surface area contributed by atoms with Crippen molar-refractivity contribution < 1.29 is 19.0 Å². The predicted molar refractivity (Wildman–Crippen MR) is 153 cm³/mol. The van der Waals surface area contributed by atoms with Crippen molar-refractivity contribution in [3.63, 3.8) is 0 Å². The van der Waals surface area contributed by atoms with Crippen molar-refractivity contribution in [2.45, 2.75) is 62.1 Å². The van der Waals surface area contributed by atoms with Gasteiger partial charge in [0.1, 0.15) is 23.3 Å². The lowest BCUT2D eigenvalue weighted by Gasteiger charge is -2.40. The van der Waals surface area contributed by atoms with Crippen LogP contribution in [0.4, 0.5) is 0 Å². The van der Waals surface area contributed by atoms with Crippen LogP contribution in [0.5, 0.6) is 0 Å². The maximum absolute atomic E-state index is 6.95. The minimum absolute atomic E-state index is 0.0914. The van der Waals surface area contributed by atoms with E-state index in [1.807, 2.05) is 18.2 Å². The Morgan fingerprint density at radius 3 is 1.65 bits per heavy atom. The predicted octanol–water partition coefficient (Wildman–Crippen LogP) is 6.43. The van der Waals surface area contributed by atoms with E-state index in [1.165, 1.54) is 5.56 Å². The number of hydrogen-bond acceptors (Lipinski definition) is 5. The summed E-state index contributed by atoms with van der Waals surface area (Å²) in [6.45, 7) is 2.04. The first-order chi connectivity index (χ1) is 19.8. The van der Waals surface area contributed by atoms with E-state index in [-0.39, 0.29) is 18.3 Å². The van der Waals surface area contributed by atoms with E-state index in [0.29, 0.717) is 26.4 Å². The molecule has 5 atom stereocenters. The van der Waals surface area contributed by atoms with Crippen molar-refractivity contribution in [1.29, 1.82) is 0 Å². The zero-order chi connectivity index (χ0) is 26.8. The number of ether oxygens (including phenoxy) is 3. The fourth-order valence-electron chi connectivity index (χ4n) is 7.03. The molecule has 3 saturated heterocycles. The van der Waals surface area contributed by atoms with Gasteiger partial charge in [0.25, 0.3) is 0 Å². The summed E-state index contributed by atoms with van der Waals surface area (Å²) in [5.41, 5.74) is 3.72. The lowest BCUT2D eigenvalue weighted by atomic mass is 9.80. The Morgan fingerprint density at radius 2 is 1.10 bits per heavy atom. The third-order valence-electron chi connectivity index (χ3n) is 8.70. The third kappa shape index (κ3) is 4.48. The van der Waals surface area contributed by atoms with Crippen LogP contribution >= 0.6 is 0 Å². The molecule has 3 fully saturated rings. The monoisotopic (exact) mass is 533 g/mol. The molecule has 4 aromatic rings. The molecular weight excluding hydrogens is 498 g/mol. The smallest absolute Gasteiger partial charge is 0.111 e. The summed E-state index contributed by atoms with van der Waals surface area (Å²) in [5.74, 6) is 0. The van der Waals surface area contributed by atoms with Gasteiger partial charge >= 0.3 is 0 Å². The molecule has 40 heavy (non-hydrogen) atoms. The molecule has 0 spiro atoms. The quantitative estimate of drug-likeness (QED) is 0.222. The number of hydroxylamine groups is 2. The molecule has 0 saturated carbocycles. The second-order valence-electron chi connectivity index (χ2n) is 11.2. The Kier molecular flexibility index (Phi) is 7.00. The zero-order valence-corrected chi connectivity index (χ0v) is 22.6. The van der Waals surface area contributed by atoms with Crippen LogP contribution in [-0.2, 0) is 44.4 Å². The highest BCUT2D eigenvalue weighted by Gasteiger charge is 2.77. The summed E-state index contributed by atoms with van der Waals surface area (Å²) in [7, 11) is 0. The fourth-order valence-corrected chi connectivity index (χ4v) is 7.03. The second-order valence-corrected chi connectivity index (χ2v) is 11.2. The van der Waals surface area contributed by atoms with Gasteiger partial charge in [-0.3, -0.25) is 4.84 Å². The molecule has 4 aromatic carbocycles. The SMILES string of the molecule is c1ccc(COC[C@]23C[C@@H]4C[C@](c5ccccc5)([C@@H](OCc5ccccc5)[C@@H]2OCc2ccccc2)N3O4)cc1. The van der Waals surface area contributed by atoms with E-state index in [9.17, 15) is 0 Å². The molecule has 3 aliphatic rings. The van der Waals surface area contributed by atoms with Gasteiger partial charge in [-0.15, -0.1) is 0 Å². The molecule has 7 rings (SSSR count). The van der Waals surface area contributed by atoms with Crippen LogP contribution in [0.15, 0.2) is 121 Å². The molecule has 0 aliphatic carbocycles. The first kappa shape index (κ1) is 25.6. The van der Waals surface area contributed by atoms with Gasteiger partial charge in [0.05, 0.1) is 32.5 Å². The van der Waals surface area contributed by atoms with Gasteiger partial charge < -0.3 is 14.2 Å². The first-order valence-electron chi connectivity index (χ1n) is 14.2. The van der Waals surface area contributed by atoms with Crippen LogP contribution in [0.3, 0.4) is 0 Å². The average Bonchev–Trinajstić information content (AvgIpc) is 3.61. The van der Waals surface area contributed by atoms with E-state index in [4.69, 9.17) is 19.0 Å². The molecule has 0 N–H and O–H groups in total. The van der Waals surface area contributed by atoms with Crippen LogP contribution in [-0.4, -0.2) is 35.5 Å². The number of piperidine rings is 1. The maximum Gasteiger partial charge on any atom is 0.111 e. The number of hydrogen-bond donors (Lipinski definition) is 0. The molecule has 3 heterocycles. The molecule has 0 radical (unpaired) electrons. The molecule has 3 aliphatic heterocycles. The van der Waals surface area contributed by atoms with Gasteiger partial charge in [-0.2, -0.15) is 5.06 Å². The third-order valence-corrected chi connectivity index (χ3v) is 8.70. The largest absolute Gasteiger partial charge is 0.375 e. The highest BCUT2D eigenvalue weighted by atomic mass is 16.7. The van der Waals surface area contributed by atoms with Crippen LogP contribution < -0.4 is 0 Å². The first-order valence-corrected chi connectivity index (χ1v) is 14.2. The van der Waals surface area contributed by atoms with Crippen molar-refractivity contribution in [1.82, 2.24) is 5.06 Å². The van der Waals surface area contributed by atoms with Crippen molar-refractivity contribution >= 4 is 0 Å². The number of fused-ring (bicyclic) bond motifs is 1. The van der Waals surface area contributed by atoms with Crippen LogP contribution in [0.2, 0.25) is 0 Å². The Hall–Kier alpha value is -3.32. The zero-order valence-electron chi connectivity index (χ0n) is 22.6. The average molecular weight is 534 g/mol. The van der Waals surface area contributed by atoms with Gasteiger partial charge in [0.2, 0.25) is 0 Å². The van der Waals surface area contributed by atoms with Gasteiger partial charge in [-0.25, -0.2) is 0 Å². The topological polar surface area (TPSA) is 40.2 Å². The normalized spacial score (nSPS) is 28.8. The van der Waals surface area contributed by atoms with E-state index in [0.717, 1.165) is 29.5 Å². The Balaban J connectivity index is 1.26. The minimum atomic E-state index is -0.469. The summed E-state index contributed by atoms with van der Waals surface area (Å²) in [5, 5.41) is 2.23. The van der Waals surface area contributed by atoms with Crippen molar-refractivity contribution in [3.05, 3.63) is 144 Å². The van der Waals surface area contributed by atoms with E-state index in [1.54, 1.807) is 0 Å². The second kappa shape index (κ2) is 10.9. The standard InChI is InChI=1S/C35H35NO4/c1-5-13-27(14-6-1)23-37-26-34-21-31-22-35(36(34)40-31,30-19-11-4-12-20-30)33(39-25-29-17-9-3-10-18-29)32(34)38-24-28-15-7-2-8-16-28/h1-20,31-33H,21-26H2/t31-,32+,33+,34-,35+/m1/s1. The lowest BCUT2D eigenvalue weighted by Crippen LogP contribution is -2.54. The van der Waals surface area contributed by atoms with Crippen LogP contribution in [0.1, 0.15) is 35.1 Å². The molecule has 0 unspecified atom stereocenters. The molecular formula is C35H35NO4. The van der Waals surface area contributed by atoms with E-state index < -0.39 is 11.1 Å². The Labute approximate surface area is 236 Å². The van der Waals surface area contributed by atoms with Crippen LogP contribution in [0, 0.1) is 0 Å². The summed E-state index contributed by atoms with van der Waals surface area (Å²) in [6.07, 6.45) is 1.31. The number of nitrogens with zero attached hydrogens (tertiary/aromatic N) is 1. The number of benzene rings is 4. The van der Waals surface area contributed by atoms with Gasteiger partial charge in [-0.05, 0) is 22.3 Å². The van der Waals surface area contributed by atoms with Crippen molar-refractivity contribution in [2.24, 2.45) is 0 Å². The lowest BCUT2D eigenvalue weighted by molar-refractivity contribution is -0.204. The van der Waals surface area contributed by atoms with Crippen molar-refractivity contribution in [2.75, 3.05) is 6.61 Å². The van der Waals surface area contributed by atoms with E-state index >= 15 is 0 Å². The Morgan fingerprint density at radius 1 is 0.600 bits per heavy atom. The fraction of sp³-hybridized carbons (Fsp3) is 0.314. The molecule has 2 bridgehead atoms. The molecule has 0 aromatic heterocycles. The van der Waals surface area contributed by atoms with Gasteiger partial charge in [0.15, 0.2) is 0 Å². The molecule has 0 amide bonds. The highest BCUT2D eigenvalue weighted by molar-refractivity contribution is 5.37. The molecule has 204 valence electrons. The van der Waals surface area contributed by atoms with Crippen LogP contribution in [0.25, 0.3) is 0 Å². The Bertz CT molecular complexity index is 1390. The van der Waals surface area contributed by atoms with Gasteiger partial charge in [0, 0.05) is 12.8 Å². The highest BCUT2D eigenvalue weighted by Crippen LogP contribution is 2.64. The minimum Gasteiger partial charge on any atom is -0.375 e. The summed E-state index contributed by atoms with van der Waals surface area (Å²) < 4.78 is 20.4. The van der Waals surface area contributed by atoms with Crippen molar-refractivity contribution in [3.8, 4) is 0 Å². The maximum atomic E-state index is 6.95. The van der Waals surface area contributed by atoms with E-state index in [2.05, 4.69) is 108 Å². The van der Waals surface area contributed by atoms with Gasteiger partial charge in [-0.1, -0.05) is 121 Å². The molecule has 5 heteroatoms. The number of rotatable bonds is 11.